The van der Waals surface area contributed by atoms with Gasteiger partial charge in [0.1, 0.15) is 5.82 Å². The number of piperidine rings is 1. The summed E-state index contributed by atoms with van der Waals surface area (Å²) in [5, 5.41) is 1.19. The molecule has 1 aliphatic heterocycles. The maximum absolute atomic E-state index is 14.3. The van der Waals surface area contributed by atoms with Gasteiger partial charge in [0.15, 0.2) is 0 Å². The van der Waals surface area contributed by atoms with Crippen molar-refractivity contribution in [2.45, 2.75) is 44.8 Å². The molecule has 1 aromatic heterocycles. The van der Waals surface area contributed by atoms with Crippen molar-refractivity contribution < 1.29 is 13.5 Å². The van der Waals surface area contributed by atoms with E-state index in [-0.39, 0.29) is 5.56 Å². The molecule has 4 nitrogen and oxygen atoms in total. The van der Waals surface area contributed by atoms with Crippen molar-refractivity contribution in [3.05, 3.63) is 75.0 Å². The molecule has 1 aliphatic rings. The number of nitrogens with zero attached hydrogens (tertiary/aromatic N) is 3. The summed E-state index contributed by atoms with van der Waals surface area (Å²) < 4.78 is 35.8. The number of hydrogen-bond donors (Lipinski definition) is 0. The van der Waals surface area contributed by atoms with Gasteiger partial charge in [0, 0.05) is 50.8 Å². The monoisotopic (exact) mass is 507 g/mol. The Bertz CT molecular complexity index is 1220. The van der Waals surface area contributed by atoms with Crippen LogP contribution in [0, 0.1) is 6.92 Å². The Labute approximate surface area is 209 Å². The number of hydrogen-bond acceptors (Lipinski definition) is 3. The van der Waals surface area contributed by atoms with Gasteiger partial charge < -0.3 is 9.30 Å². The standard InChI is InChI=1S/C26H29Cl2F2N3O/c1-5-26(29,30)18-12-16(2)25-22(13-18)32(3)23(31-25)14-20-21(27)7-6-17(24(20)28)15-33-10-8-19(34-4)9-11-33/h5-7,12-13,19H,1,8-11,14-15H2,2-4H3. The number of rotatable bonds is 7. The van der Waals surface area contributed by atoms with E-state index in [1.165, 1.54) is 12.1 Å². The summed E-state index contributed by atoms with van der Waals surface area (Å²) in [7, 11) is 3.59. The van der Waals surface area contributed by atoms with Crippen LogP contribution >= 0.6 is 23.2 Å². The molecule has 182 valence electrons. The van der Waals surface area contributed by atoms with E-state index in [1.807, 2.05) is 23.7 Å². The normalized spacial score (nSPS) is 15.9. The predicted molar refractivity (Wildman–Crippen MR) is 134 cm³/mol. The summed E-state index contributed by atoms with van der Waals surface area (Å²) in [5.41, 5.74) is 3.71. The highest BCUT2D eigenvalue weighted by molar-refractivity contribution is 6.36. The van der Waals surface area contributed by atoms with E-state index in [0.29, 0.717) is 51.1 Å². The largest absolute Gasteiger partial charge is 0.381 e. The maximum Gasteiger partial charge on any atom is 0.291 e. The third kappa shape index (κ3) is 4.87. The number of methoxy groups -OCH3 is 1. The second kappa shape index (κ2) is 9.94. The smallest absolute Gasteiger partial charge is 0.291 e. The molecule has 0 bridgehead atoms. The van der Waals surface area contributed by atoms with Crippen molar-refractivity contribution in [2.24, 2.45) is 7.05 Å². The van der Waals surface area contributed by atoms with E-state index in [2.05, 4.69) is 11.5 Å². The van der Waals surface area contributed by atoms with Gasteiger partial charge in [-0.2, -0.15) is 8.78 Å². The summed E-state index contributed by atoms with van der Waals surface area (Å²) >= 11 is 13.4. The van der Waals surface area contributed by atoms with Gasteiger partial charge in [0.05, 0.1) is 22.2 Å². The van der Waals surface area contributed by atoms with Gasteiger partial charge in [-0.05, 0) is 60.7 Å². The average molecular weight is 508 g/mol. The lowest BCUT2D eigenvalue weighted by molar-refractivity contribution is 0.0388. The van der Waals surface area contributed by atoms with Crippen molar-refractivity contribution in [3.8, 4) is 0 Å². The number of ether oxygens (including phenoxy) is 1. The molecule has 0 amide bonds. The van der Waals surface area contributed by atoms with Crippen molar-refractivity contribution in [2.75, 3.05) is 20.2 Å². The molecule has 3 aromatic rings. The number of halogens is 4. The fraction of sp³-hybridized carbons (Fsp3) is 0.423. The van der Waals surface area contributed by atoms with Gasteiger partial charge in [0.25, 0.3) is 5.92 Å². The highest BCUT2D eigenvalue weighted by atomic mass is 35.5. The Morgan fingerprint density at radius 3 is 2.59 bits per heavy atom. The molecule has 8 heteroatoms. The van der Waals surface area contributed by atoms with Crippen LogP contribution in [0.3, 0.4) is 0 Å². The number of aromatic nitrogens is 2. The molecule has 0 atom stereocenters. The third-order valence-corrected chi connectivity index (χ3v) is 7.60. The predicted octanol–water partition coefficient (Wildman–Crippen LogP) is 6.67. The van der Waals surface area contributed by atoms with Crippen LogP contribution in [-0.4, -0.2) is 40.8 Å². The first-order valence-corrected chi connectivity index (χ1v) is 12.1. The number of aryl methyl sites for hydroxylation is 2. The third-order valence-electron chi connectivity index (χ3n) is 6.77. The van der Waals surface area contributed by atoms with Gasteiger partial charge in [-0.3, -0.25) is 4.90 Å². The molecule has 0 saturated carbocycles. The Balaban J connectivity index is 1.64. The molecule has 1 saturated heterocycles. The Kier molecular flexibility index (Phi) is 7.34. The summed E-state index contributed by atoms with van der Waals surface area (Å²) in [6.45, 7) is 7.70. The summed E-state index contributed by atoms with van der Waals surface area (Å²) in [4.78, 5) is 7.12. The molecule has 1 fully saturated rings. The van der Waals surface area contributed by atoms with E-state index < -0.39 is 5.92 Å². The zero-order chi connectivity index (χ0) is 24.6. The topological polar surface area (TPSA) is 30.3 Å². The van der Waals surface area contributed by atoms with E-state index in [9.17, 15) is 8.78 Å². The van der Waals surface area contributed by atoms with Crippen LogP contribution < -0.4 is 0 Å². The van der Waals surface area contributed by atoms with Crippen molar-refractivity contribution in [3.63, 3.8) is 0 Å². The van der Waals surface area contributed by atoms with Crippen molar-refractivity contribution in [1.29, 1.82) is 0 Å². The molecule has 0 spiro atoms. The van der Waals surface area contributed by atoms with Crippen LogP contribution in [0.5, 0.6) is 0 Å². The number of fused-ring (bicyclic) bond motifs is 1. The minimum Gasteiger partial charge on any atom is -0.381 e. The van der Waals surface area contributed by atoms with E-state index in [0.717, 1.165) is 43.6 Å². The molecule has 0 radical (unpaired) electrons. The van der Waals surface area contributed by atoms with Crippen molar-refractivity contribution in [1.82, 2.24) is 14.5 Å². The fourth-order valence-corrected chi connectivity index (χ4v) is 5.17. The lowest BCUT2D eigenvalue weighted by Crippen LogP contribution is -2.36. The zero-order valence-corrected chi connectivity index (χ0v) is 21.2. The van der Waals surface area contributed by atoms with Crippen LogP contribution in [0.25, 0.3) is 11.0 Å². The second-order valence-electron chi connectivity index (χ2n) is 8.96. The van der Waals surface area contributed by atoms with Crippen molar-refractivity contribution >= 4 is 34.2 Å². The zero-order valence-electron chi connectivity index (χ0n) is 19.7. The number of allylic oxidation sites excluding steroid dienone is 1. The van der Waals surface area contributed by atoms with Gasteiger partial charge in [-0.15, -0.1) is 0 Å². The van der Waals surface area contributed by atoms with Crippen LogP contribution in [-0.2, 0) is 30.7 Å². The lowest BCUT2D eigenvalue weighted by Gasteiger charge is -2.31. The first kappa shape index (κ1) is 25.1. The second-order valence-corrected chi connectivity index (χ2v) is 9.75. The summed E-state index contributed by atoms with van der Waals surface area (Å²) in [6.07, 6.45) is 3.38. The molecule has 34 heavy (non-hydrogen) atoms. The Morgan fingerprint density at radius 2 is 1.94 bits per heavy atom. The van der Waals surface area contributed by atoms with Crippen LogP contribution in [0.15, 0.2) is 36.9 Å². The van der Waals surface area contributed by atoms with Crippen LogP contribution in [0.1, 0.15) is 40.9 Å². The summed E-state index contributed by atoms with van der Waals surface area (Å²) in [5.74, 6) is -2.40. The van der Waals surface area contributed by atoms with E-state index in [4.69, 9.17) is 32.9 Å². The first-order valence-electron chi connectivity index (χ1n) is 11.3. The minimum atomic E-state index is -3.11. The van der Waals surface area contributed by atoms with Crippen LogP contribution in [0.2, 0.25) is 10.0 Å². The molecule has 4 rings (SSSR count). The van der Waals surface area contributed by atoms with E-state index in [1.54, 1.807) is 14.0 Å². The van der Waals surface area contributed by atoms with Gasteiger partial charge in [0.2, 0.25) is 0 Å². The Morgan fingerprint density at radius 1 is 1.24 bits per heavy atom. The lowest BCUT2D eigenvalue weighted by atomic mass is 10.0. The number of alkyl halides is 2. The minimum absolute atomic E-state index is 0.0997. The molecule has 0 N–H and O–H groups in total. The quantitative estimate of drug-likeness (QED) is 0.334. The van der Waals surface area contributed by atoms with Gasteiger partial charge in [-0.1, -0.05) is 35.8 Å². The number of likely N-dealkylation sites (tertiary alicyclic amines) is 1. The number of imidazole rings is 1. The average Bonchev–Trinajstić information content (AvgIpc) is 3.15. The fourth-order valence-electron chi connectivity index (χ4n) is 4.61. The Hall–Kier alpha value is -1.99. The highest BCUT2D eigenvalue weighted by Gasteiger charge is 2.29. The molecule has 0 aliphatic carbocycles. The molecule has 2 aromatic carbocycles. The van der Waals surface area contributed by atoms with Gasteiger partial charge in [-0.25, -0.2) is 4.98 Å². The SMILES string of the molecule is C=CC(F)(F)c1cc(C)c2nc(Cc3c(Cl)ccc(CN4CCC(OC)CC4)c3Cl)n(C)c2c1. The molecular weight excluding hydrogens is 479 g/mol. The maximum atomic E-state index is 14.3. The van der Waals surface area contributed by atoms with E-state index >= 15 is 0 Å². The summed E-state index contributed by atoms with van der Waals surface area (Å²) in [6, 6.07) is 6.79. The molecular formula is C26H29Cl2F2N3O. The first-order chi connectivity index (χ1) is 16.1. The molecule has 2 heterocycles. The number of benzene rings is 2. The van der Waals surface area contributed by atoms with Crippen LogP contribution in [0.4, 0.5) is 8.78 Å². The molecule has 0 unspecified atom stereocenters. The van der Waals surface area contributed by atoms with Gasteiger partial charge >= 0.3 is 0 Å². The highest BCUT2D eigenvalue weighted by Crippen LogP contribution is 2.35.